The molecule has 130 valence electrons. The fraction of sp³-hybridized carbons (Fsp3) is 0.100. The van der Waals surface area contributed by atoms with Crippen molar-refractivity contribution in [2.75, 3.05) is 17.3 Å². The highest BCUT2D eigenvalue weighted by Gasteiger charge is 2.12. The quantitative estimate of drug-likeness (QED) is 0.713. The van der Waals surface area contributed by atoms with E-state index in [-0.39, 0.29) is 17.4 Å². The van der Waals surface area contributed by atoms with Crippen LogP contribution in [0.4, 0.5) is 17.2 Å². The third kappa shape index (κ3) is 3.92. The lowest BCUT2D eigenvalue weighted by atomic mass is 10.1. The van der Waals surface area contributed by atoms with Crippen LogP contribution in [0.15, 0.2) is 67.0 Å². The van der Waals surface area contributed by atoms with Gasteiger partial charge in [0.1, 0.15) is 17.8 Å². The highest BCUT2D eigenvalue weighted by Crippen LogP contribution is 2.21. The molecule has 2 aromatic carbocycles. The van der Waals surface area contributed by atoms with Gasteiger partial charge in [-0.25, -0.2) is 9.97 Å². The van der Waals surface area contributed by atoms with Gasteiger partial charge in [-0.05, 0) is 43.3 Å². The number of aromatic nitrogens is 2. The molecule has 0 aliphatic rings. The fourth-order valence-corrected chi connectivity index (χ4v) is 2.42. The lowest BCUT2D eigenvalue weighted by molar-refractivity contribution is 0.101. The highest BCUT2D eigenvalue weighted by molar-refractivity contribution is 6.03. The first-order chi connectivity index (χ1) is 12.5. The molecule has 3 rings (SSSR count). The maximum atomic E-state index is 12.5. The molecule has 0 radical (unpaired) electrons. The monoisotopic (exact) mass is 346 g/mol. The van der Waals surface area contributed by atoms with Crippen molar-refractivity contribution in [3.8, 4) is 0 Å². The molecule has 0 aliphatic heterocycles. The number of benzene rings is 2. The Kier molecular flexibility index (Phi) is 5.03. The predicted octanol–water partition coefficient (Wildman–Crippen LogP) is 3.70. The molecular weight excluding hydrogens is 328 g/mol. The summed E-state index contributed by atoms with van der Waals surface area (Å²) in [4.78, 5) is 33.9. The topological polar surface area (TPSA) is 75.2 Å². The second-order valence-corrected chi connectivity index (χ2v) is 5.74. The van der Waals surface area contributed by atoms with E-state index in [0.717, 1.165) is 5.69 Å². The predicted molar refractivity (Wildman–Crippen MR) is 101 cm³/mol. The first-order valence-electron chi connectivity index (χ1n) is 8.08. The van der Waals surface area contributed by atoms with Gasteiger partial charge < -0.3 is 10.2 Å². The number of Topliss-reactive ketones (excluding diaryl/α,β-unsaturated/α-hetero) is 1. The van der Waals surface area contributed by atoms with E-state index < -0.39 is 0 Å². The molecule has 26 heavy (non-hydrogen) atoms. The summed E-state index contributed by atoms with van der Waals surface area (Å²) < 4.78 is 0. The number of ketones is 1. The van der Waals surface area contributed by atoms with E-state index >= 15 is 0 Å². The minimum absolute atomic E-state index is 0.0210. The minimum atomic E-state index is -0.342. The van der Waals surface area contributed by atoms with Crippen molar-refractivity contribution in [1.29, 1.82) is 0 Å². The average molecular weight is 346 g/mol. The largest absolute Gasteiger partial charge is 0.329 e. The molecule has 0 fully saturated rings. The van der Waals surface area contributed by atoms with Crippen LogP contribution in [0.5, 0.6) is 0 Å². The molecule has 0 unspecified atom stereocenters. The van der Waals surface area contributed by atoms with Crippen LogP contribution in [0.2, 0.25) is 0 Å². The van der Waals surface area contributed by atoms with Crippen molar-refractivity contribution in [2.24, 2.45) is 0 Å². The Morgan fingerprint density at radius 2 is 1.65 bits per heavy atom. The molecule has 0 saturated carbocycles. The van der Waals surface area contributed by atoms with Crippen LogP contribution in [-0.4, -0.2) is 28.7 Å². The lowest BCUT2D eigenvalue weighted by Gasteiger charge is -2.18. The summed E-state index contributed by atoms with van der Waals surface area (Å²) in [6, 6.07) is 18.1. The highest BCUT2D eigenvalue weighted by atomic mass is 16.2. The Morgan fingerprint density at radius 1 is 0.962 bits per heavy atom. The second kappa shape index (κ2) is 7.57. The van der Waals surface area contributed by atoms with Crippen molar-refractivity contribution in [3.05, 3.63) is 78.2 Å². The Labute approximate surface area is 151 Å². The van der Waals surface area contributed by atoms with Crippen molar-refractivity contribution >= 4 is 28.9 Å². The zero-order chi connectivity index (χ0) is 18.5. The van der Waals surface area contributed by atoms with E-state index in [1.54, 1.807) is 30.3 Å². The standard InChI is InChI=1S/C20H18N4O2/c1-14(25)15-8-10-16(11-9-15)23-20(26)18-12-19(22-13-21-18)24(2)17-6-4-3-5-7-17/h3-13H,1-2H3,(H,23,26). The summed E-state index contributed by atoms with van der Waals surface area (Å²) in [5, 5.41) is 2.77. The van der Waals surface area contributed by atoms with Crippen molar-refractivity contribution in [2.45, 2.75) is 6.92 Å². The summed E-state index contributed by atoms with van der Waals surface area (Å²) in [5.74, 6) is 0.251. The number of carbonyl (C=O) groups excluding carboxylic acids is 2. The Bertz CT molecular complexity index is 924. The van der Waals surface area contributed by atoms with Gasteiger partial charge >= 0.3 is 0 Å². The van der Waals surface area contributed by atoms with Gasteiger partial charge in [-0.1, -0.05) is 18.2 Å². The molecule has 6 nitrogen and oxygen atoms in total. The molecule has 1 heterocycles. The molecule has 0 saturated heterocycles. The first kappa shape index (κ1) is 17.3. The van der Waals surface area contributed by atoms with Gasteiger partial charge in [0.15, 0.2) is 5.78 Å². The third-order valence-corrected chi connectivity index (χ3v) is 3.92. The number of carbonyl (C=O) groups is 2. The van der Waals surface area contributed by atoms with Gasteiger partial charge in [-0.3, -0.25) is 9.59 Å². The summed E-state index contributed by atoms with van der Waals surface area (Å²) >= 11 is 0. The SMILES string of the molecule is CC(=O)c1ccc(NC(=O)c2cc(N(C)c3ccccc3)ncn2)cc1. The van der Waals surface area contributed by atoms with Crippen LogP contribution in [-0.2, 0) is 0 Å². The van der Waals surface area contributed by atoms with Crippen molar-refractivity contribution < 1.29 is 9.59 Å². The summed E-state index contributed by atoms with van der Waals surface area (Å²) in [6.07, 6.45) is 1.36. The van der Waals surface area contributed by atoms with Gasteiger partial charge in [0.25, 0.3) is 5.91 Å². The van der Waals surface area contributed by atoms with Crippen molar-refractivity contribution in [1.82, 2.24) is 9.97 Å². The van der Waals surface area contributed by atoms with Crippen LogP contribution < -0.4 is 10.2 Å². The van der Waals surface area contributed by atoms with E-state index in [1.807, 2.05) is 42.3 Å². The molecule has 1 amide bonds. The van der Waals surface area contributed by atoms with Gasteiger partial charge in [-0.15, -0.1) is 0 Å². The van der Waals surface area contributed by atoms with E-state index in [1.165, 1.54) is 13.3 Å². The number of amides is 1. The van der Waals surface area contributed by atoms with Gasteiger partial charge in [0, 0.05) is 30.1 Å². The van der Waals surface area contributed by atoms with E-state index in [4.69, 9.17) is 0 Å². The molecule has 0 aliphatic carbocycles. The second-order valence-electron chi connectivity index (χ2n) is 5.74. The maximum absolute atomic E-state index is 12.5. The molecule has 1 aromatic heterocycles. The summed E-state index contributed by atoms with van der Waals surface area (Å²) in [6.45, 7) is 1.50. The Hall–Kier alpha value is -3.54. The zero-order valence-electron chi connectivity index (χ0n) is 14.5. The molecule has 1 N–H and O–H groups in total. The maximum Gasteiger partial charge on any atom is 0.274 e. The summed E-state index contributed by atoms with van der Waals surface area (Å²) in [7, 11) is 1.87. The molecule has 0 atom stereocenters. The zero-order valence-corrected chi connectivity index (χ0v) is 14.5. The Morgan fingerprint density at radius 3 is 2.31 bits per heavy atom. The smallest absolute Gasteiger partial charge is 0.274 e. The van der Waals surface area contributed by atoms with Crippen LogP contribution in [0.1, 0.15) is 27.8 Å². The number of rotatable bonds is 5. The number of para-hydroxylation sites is 1. The number of hydrogen-bond donors (Lipinski definition) is 1. The number of hydrogen-bond acceptors (Lipinski definition) is 5. The number of nitrogens with zero attached hydrogens (tertiary/aromatic N) is 3. The normalized spacial score (nSPS) is 10.2. The van der Waals surface area contributed by atoms with Crippen molar-refractivity contribution in [3.63, 3.8) is 0 Å². The van der Waals surface area contributed by atoms with Gasteiger partial charge in [0.05, 0.1) is 0 Å². The number of nitrogens with one attached hydrogen (secondary N) is 1. The molecule has 0 spiro atoms. The van der Waals surface area contributed by atoms with E-state index in [9.17, 15) is 9.59 Å². The molecule has 3 aromatic rings. The number of anilines is 3. The van der Waals surface area contributed by atoms with Gasteiger partial charge in [-0.2, -0.15) is 0 Å². The molecular formula is C20H18N4O2. The van der Waals surface area contributed by atoms with Crippen LogP contribution in [0.3, 0.4) is 0 Å². The molecule has 6 heteroatoms. The van der Waals surface area contributed by atoms with E-state index in [2.05, 4.69) is 15.3 Å². The Balaban J connectivity index is 1.77. The van der Waals surface area contributed by atoms with Crippen LogP contribution in [0.25, 0.3) is 0 Å². The van der Waals surface area contributed by atoms with Crippen LogP contribution >= 0.6 is 0 Å². The van der Waals surface area contributed by atoms with Gasteiger partial charge in [0.2, 0.25) is 0 Å². The average Bonchev–Trinajstić information content (AvgIpc) is 2.68. The fourth-order valence-electron chi connectivity index (χ4n) is 2.42. The lowest BCUT2D eigenvalue weighted by Crippen LogP contribution is -2.17. The van der Waals surface area contributed by atoms with Crippen LogP contribution in [0, 0.1) is 0 Å². The minimum Gasteiger partial charge on any atom is -0.329 e. The third-order valence-electron chi connectivity index (χ3n) is 3.92. The van der Waals surface area contributed by atoms with E-state index in [0.29, 0.717) is 17.1 Å². The first-order valence-corrected chi connectivity index (χ1v) is 8.08. The summed E-state index contributed by atoms with van der Waals surface area (Å²) in [5.41, 5.74) is 2.40. The molecule has 0 bridgehead atoms.